The van der Waals surface area contributed by atoms with Gasteiger partial charge < -0.3 is 9.64 Å². The molecule has 6 nitrogen and oxygen atoms in total. The number of likely N-dealkylation sites (tertiary alicyclic amines) is 1. The van der Waals surface area contributed by atoms with Crippen molar-refractivity contribution in [3.8, 4) is 0 Å². The molecule has 8 heteroatoms. The van der Waals surface area contributed by atoms with Crippen LogP contribution < -0.4 is 0 Å². The molecule has 1 aliphatic rings. The van der Waals surface area contributed by atoms with Crippen LogP contribution in [0.4, 0.5) is 9.18 Å². The number of amides is 1. The fraction of sp³-hybridized carbons (Fsp3) is 0.917. The van der Waals surface area contributed by atoms with Crippen LogP contribution in [0, 0.1) is 5.92 Å². The summed E-state index contributed by atoms with van der Waals surface area (Å²) in [6, 6.07) is 0. The van der Waals surface area contributed by atoms with Gasteiger partial charge in [-0.3, -0.25) is 4.18 Å². The molecule has 1 saturated heterocycles. The fourth-order valence-corrected chi connectivity index (χ4v) is 2.70. The van der Waals surface area contributed by atoms with Crippen LogP contribution in [-0.4, -0.2) is 57.1 Å². The third kappa shape index (κ3) is 5.62. The van der Waals surface area contributed by atoms with Gasteiger partial charge in [-0.15, -0.1) is 0 Å². The van der Waals surface area contributed by atoms with Crippen LogP contribution in [0.3, 0.4) is 0 Å². The quantitative estimate of drug-likeness (QED) is 0.737. The van der Waals surface area contributed by atoms with E-state index in [4.69, 9.17) is 8.92 Å². The van der Waals surface area contributed by atoms with Crippen molar-refractivity contribution in [2.45, 2.75) is 38.9 Å². The third-order valence-electron chi connectivity index (χ3n) is 2.85. The van der Waals surface area contributed by atoms with Gasteiger partial charge >= 0.3 is 6.09 Å². The first-order valence-corrected chi connectivity index (χ1v) is 8.25. The minimum absolute atomic E-state index is 0.235. The Morgan fingerprint density at radius 2 is 2.05 bits per heavy atom. The maximum atomic E-state index is 12.9. The summed E-state index contributed by atoms with van der Waals surface area (Å²) in [5.74, 6) is -0.345. The average molecular weight is 311 g/mol. The molecular formula is C12H22FNO5S. The van der Waals surface area contributed by atoms with Crippen LogP contribution in [0.25, 0.3) is 0 Å². The molecule has 118 valence electrons. The summed E-state index contributed by atoms with van der Waals surface area (Å²) in [5.41, 5.74) is -0.599. The molecule has 0 bridgehead atoms. The van der Waals surface area contributed by atoms with Gasteiger partial charge in [0.25, 0.3) is 10.1 Å². The molecule has 1 aliphatic heterocycles. The van der Waals surface area contributed by atoms with Gasteiger partial charge in [0.1, 0.15) is 18.4 Å². The number of ether oxygens (including phenoxy) is 1. The highest BCUT2D eigenvalue weighted by atomic mass is 32.2. The minimum atomic E-state index is -3.71. The zero-order valence-electron chi connectivity index (χ0n) is 12.3. The normalized spacial score (nSPS) is 21.9. The lowest BCUT2D eigenvalue weighted by molar-refractivity contribution is 0.0271. The second-order valence-electron chi connectivity index (χ2n) is 5.97. The van der Waals surface area contributed by atoms with Crippen molar-refractivity contribution in [3.63, 3.8) is 0 Å². The van der Waals surface area contributed by atoms with Crippen molar-refractivity contribution >= 4 is 16.2 Å². The lowest BCUT2D eigenvalue weighted by Gasteiger charge is -2.25. The third-order valence-corrected chi connectivity index (χ3v) is 3.45. The Kier molecular flexibility index (Phi) is 5.37. The van der Waals surface area contributed by atoms with E-state index in [1.54, 1.807) is 20.8 Å². The summed E-state index contributed by atoms with van der Waals surface area (Å²) in [6.07, 6.45) is -0.144. The van der Waals surface area contributed by atoms with E-state index in [0.717, 1.165) is 6.26 Å². The molecule has 0 aliphatic carbocycles. The van der Waals surface area contributed by atoms with Crippen LogP contribution in [0.15, 0.2) is 0 Å². The zero-order valence-corrected chi connectivity index (χ0v) is 13.1. The molecule has 0 radical (unpaired) electrons. The van der Waals surface area contributed by atoms with Crippen molar-refractivity contribution in [3.05, 3.63) is 0 Å². The molecule has 1 heterocycles. The molecule has 1 rings (SSSR count). The number of alkyl halides is 1. The van der Waals surface area contributed by atoms with Crippen LogP contribution in [0.1, 0.15) is 27.2 Å². The fourth-order valence-electron chi connectivity index (χ4n) is 2.04. The highest BCUT2D eigenvalue weighted by molar-refractivity contribution is 7.86. The summed E-state index contributed by atoms with van der Waals surface area (Å²) in [6.45, 7) is 5.02. The Morgan fingerprint density at radius 1 is 1.45 bits per heavy atom. The molecule has 20 heavy (non-hydrogen) atoms. The molecular weight excluding hydrogens is 289 g/mol. The Balaban J connectivity index is 2.60. The number of halogens is 1. The van der Waals surface area contributed by atoms with Crippen LogP contribution in [0.5, 0.6) is 0 Å². The maximum Gasteiger partial charge on any atom is 0.410 e. The standard InChI is InChI=1S/C12H22FNO5S/c1-12(2,3)18-11(15)14-6-5-9(8-14)10(7-13)19-20(4,16)17/h9-10H,5-8H2,1-4H3. The molecule has 0 saturated carbocycles. The first-order chi connectivity index (χ1) is 9.02. The van der Waals surface area contributed by atoms with Crippen molar-refractivity contribution in [1.29, 1.82) is 0 Å². The van der Waals surface area contributed by atoms with Gasteiger partial charge in [-0.1, -0.05) is 0 Å². The van der Waals surface area contributed by atoms with Gasteiger partial charge in [-0.05, 0) is 27.2 Å². The number of carbonyl (C=O) groups excluding carboxylic acids is 1. The summed E-state index contributed by atoms with van der Waals surface area (Å²) in [5, 5.41) is 0. The highest BCUT2D eigenvalue weighted by Gasteiger charge is 2.36. The smallest absolute Gasteiger partial charge is 0.410 e. The van der Waals surface area contributed by atoms with Crippen molar-refractivity contribution < 1.29 is 26.5 Å². The lowest BCUT2D eigenvalue weighted by atomic mass is 10.0. The number of hydrogen-bond donors (Lipinski definition) is 0. The molecule has 2 unspecified atom stereocenters. The van der Waals surface area contributed by atoms with E-state index >= 15 is 0 Å². The topological polar surface area (TPSA) is 72.9 Å². The molecule has 1 amide bonds. The molecule has 1 fully saturated rings. The van der Waals surface area contributed by atoms with Crippen LogP contribution in [-0.2, 0) is 19.0 Å². The van der Waals surface area contributed by atoms with Crippen LogP contribution in [0.2, 0.25) is 0 Å². The van der Waals surface area contributed by atoms with E-state index in [1.165, 1.54) is 4.90 Å². The predicted molar refractivity (Wildman–Crippen MR) is 71.6 cm³/mol. The van der Waals surface area contributed by atoms with E-state index in [9.17, 15) is 17.6 Å². The molecule has 0 aromatic heterocycles. The van der Waals surface area contributed by atoms with Gasteiger partial charge in [0.2, 0.25) is 0 Å². The largest absolute Gasteiger partial charge is 0.444 e. The number of nitrogens with zero attached hydrogens (tertiary/aromatic N) is 1. The molecule has 0 aromatic rings. The monoisotopic (exact) mass is 311 g/mol. The summed E-state index contributed by atoms with van der Waals surface area (Å²) in [7, 11) is -3.71. The van der Waals surface area contributed by atoms with Gasteiger partial charge in [-0.2, -0.15) is 8.42 Å². The van der Waals surface area contributed by atoms with Crippen molar-refractivity contribution in [1.82, 2.24) is 4.90 Å². The van der Waals surface area contributed by atoms with Crippen molar-refractivity contribution in [2.75, 3.05) is 26.0 Å². The van der Waals surface area contributed by atoms with Crippen molar-refractivity contribution in [2.24, 2.45) is 5.92 Å². The van der Waals surface area contributed by atoms with Gasteiger partial charge in [0, 0.05) is 19.0 Å². The Hall–Kier alpha value is -0.890. The summed E-state index contributed by atoms with van der Waals surface area (Å²) < 4.78 is 45.0. The number of carbonyl (C=O) groups is 1. The SMILES string of the molecule is CC(C)(C)OC(=O)N1CCC(C(CF)OS(C)(=O)=O)C1. The van der Waals surface area contributed by atoms with E-state index in [0.29, 0.717) is 13.0 Å². The molecule has 0 spiro atoms. The Labute approximate surface area is 119 Å². The Bertz CT molecular complexity index is 445. The Morgan fingerprint density at radius 3 is 2.50 bits per heavy atom. The first-order valence-electron chi connectivity index (χ1n) is 6.44. The van der Waals surface area contributed by atoms with E-state index in [2.05, 4.69) is 0 Å². The van der Waals surface area contributed by atoms with E-state index in [-0.39, 0.29) is 12.5 Å². The second kappa shape index (κ2) is 6.26. The molecule has 0 N–H and O–H groups in total. The van der Waals surface area contributed by atoms with Gasteiger partial charge in [0.15, 0.2) is 0 Å². The molecule has 0 aromatic carbocycles. The lowest BCUT2D eigenvalue weighted by Crippen LogP contribution is -2.37. The zero-order chi connectivity index (χ0) is 15.6. The van der Waals surface area contributed by atoms with E-state index in [1.807, 2.05) is 0 Å². The second-order valence-corrected chi connectivity index (χ2v) is 7.57. The average Bonchev–Trinajstić information content (AvgIpc) is 2.71. The minimum Gasteiger partial charge on any atom is -0.444 e. The van der Waals surface area contributed by atoms with Gasteiger partial charge in [0.05, 0.1) is 6.26 Å². The molecule has 2 atom stereocenters. The highest BCUT2D eigenvalue weighted by Crippen LogP contribution is 2.25. The van der Waals surface area contributed by atoms with Gasteiger partial charge in [-0.25, -0.2) is 9.18 Å². The predicted octanol–water partition coefficient (Wildman–Crippen LogP) is 1.56. The van der Waals surface area contributed by atoms with Crippen LogP contribution >= 0.6 is 0 Å². The number of rotatable bonds is 4. The maximum absolute atomic E-state index is 12.9. The van der Waals surface area contributed by atoms with E-state index < -0.39 is 34.6 Å². The first kappa shape index (κ1) is 17.2. The summed E-state index contributed by atoms with van der Waals surface area (Å²) in [4.78, 5) is 13.3. The summed E-state index contributed by atoms with van der Waals surface area (Å²) >= 11 is 0. The number of hydrogen-bond acceptors (Lipinski definition) is 5.